The Hall–Kier alpha value is -2.04. The summed E-state index contributed by atoms with van der Waals surface area (Å²) in [6.07, 6.45) is 0.720. The van der Waals surface area contributed by atoms with Crippen molar-refractivity contribution in [1.82, 2.24) is 4.90 Å². The molecule has 0 fully saturated rings. The van der Waals surface area contributed by atoms with E-state index in [0.717, 1.165) is 23.3 Å². The molecule has 19 heavy (non-hydrogen) atoms. The zero-order valence-electron chi connectivity index (χ0n) is 11.1. The molecule has 1 amide bonds. The van der Waals surface area contributed by atoms with Crippen molar-refractivity contribution in [2.24, 2.45) is 0 Å². The molecule has 0 aromatic heterocycles. The minimum absolute atomic E-state index is 0.207. The van der Waals surface area contributed by atoms with Crippen LogP contribution in [0.1, 0.15) is 18.1 Å². The van der Waals surface area contributed by atoms with E-state index < -0.39 is 11.9 Å². The first-order valence-corrected chi connectivity index (χ1v) is 6.28. The standard InChI is InChI=1S/C14H17NO4/c1-3-19-14(17)13(16)15-8-7-10-5-4-6-12(18-2)11(10)9-15/h4-6H,3,7-9H2,1-2H3. The van der Waals surface area contributed by atoms with E-state index in [4.69, 9.17) is 9.47 Å². The van der Waals surface area contributed by atoms with Crippen LogP contribution in [0.2, 0.25) is 0 Å². The number of hydrogen-bond acceptors (Lipinski definition) is 4. The Morgan fingerprint density at radius 2 is 2.16 bits per heavy atom. The van der Waals surface area contributed by atoms with Gasteiger partial charge in [0.15, 0.2) is 0 Å². The van der Waals surface area contributed by atoms with Crippen molar-refractivity contribution in [2.75, 3.05) is 20.3 Å². The van der Waals surface area contributed by atoms with E-state index in [-0.39, 0.29) is 6.61 Å². The van der Waals surface area contributed by atoms with Crippen LogP contribution in [0.3, 0.4) is 0 Å². The maximum absolute atomic E-state index is 11.9. The van der Waals surface area contributed by atoms with E-state index >= 15 is 0 Å². The summed E-state index contributed by atoms with van der Waals surface area (Å²) in [6.45, 7) is 2.80. The van der Waals surface area contributed by atoms with Gasteiger partial charge < -0.3 is 14.4 Å². The molecule has 0 radical (unpaired) electrons. The molecule has 1 aliphatic rings. The first-order chi connectivity index (χ1) is 9.17. The lowest BCUT2D eigenvalue weighted by Crippen LogP contribution is -2.41. The molecule has 5 heteroatoms. The summed E-state index contributed by atoms with van der Waals surface area (Å²) in [5.74, 6) is -0.627. The van der Waals surface area contributed by atoms with Crippen molar-refractivity contribution in [2.45, 2.75) is 19.9 Å². The highest BCUT2D eigenvalue weighted by Crippen LogP contribution is 2.27. The third-order valence-corrected chi connectivity index (χ3v) is 3.19. The Kier molecular flexibility index (Phi) is 4.04. The summed E-state index contributed by atoms with van der Waals surface area (Å²) in [4.78, 5) is 24.9. The van der Waals surface area contributed by atoms with Crippen molar-refractivity contribution in [3.05, 3.63) is 29.3 Å². The number of carbonyl (C=O) groups is 2. The lowest BCUT2D eigenvalue weighted by Gasteiger charge is -2.29. The van der Waals surface area contributed by atoms with Crippen LogP contribution in [0.5, 0.6) is 5.75 Å². The summed E-state index contributed by atoms with van der Waals surface area (Å²) in [6, 6.07) is 5.81. The van der Waals surface area contributed by atoms with E-state index in [2.05, 4.69) is 0 Å². The number of fused-ring (bicyclic) bond motifs is 1. The Bertz CT molecular complexity index is 484. The molecule has 0 spiro atoms. The molecule has 0 saturated heterocycles. The fraction of sp³-hybridized carbons (Fsp3) is 0.429. The van der Waals surface area contributed by atoms with Crippen LogP contribution in [-0.2, 0) is 27.3 Å². The smallest absolute Gasteiger partial charge is 0.397 e. The Labute approximate surface area is 112 Å². The average Bonchev–Trinajstić information content (AvgIpc) is 2.45. The van der Waals surface area contributed by atoms with Gasteiger partial charge >= 0.3 is 11.9 Å². The summed E-state index contributed by atoms with van der Waals surface area (Å²) in [5, 5.41) is 0. The fourth-order valence-corrected chi connectivity index (χ4v) is 2.24. The van der Waals surface area contributed by atoms with E-state index in [1.165, 1.54) is 4.90 Å². The van der Waals surface area contributed by atoms with Crippen molar-refractivity contribution >= 4 is 11.9 Å². The van der Waals surface area contributed by atoms with Crippen molar-refractivity contribution in [3.63, 3.8) is 0 Å². The quantitative estimate of drug-likeness (QED) is 0.593. The van der Waals surface area contributed by atoms with Crippen molar-refractivity contribution in [1.29, 1.82) is 0 Å². The lowest BCUT2D eigenvalue weighted by atomic mass is 9.99. The van der Waals surface area contributed by atoms with Crippen LogP contribution in [0.25, 0.3) is 0 Å². The third kappa shape index (κ3) is 2.70. The summed E-state index contributed by atoms with van der Waals surface area (Å²) < 4.78 is 10.0. The van der Waals surface area contributed by atoms with E-state index in [0.29, 0.717) is 13.1 Å². The van der Waals surface area contributed by atoms with Gasteiger partial charge in [0.25, 0.3) is 0 Å². The number of carbonyl (C=O) groups excluding carboxylic acids is 2. The number of amides is 1. The first kappa shape index (κ1) is 13.4. The molecule has 0 N–H and O–H groups in total. The van der Waals surface area contributed by atoms with Crippen LogP contribution in [0.4, 0.5) is 0 Å². The zero-order valence-corrected chi connectivity index (χ0v) is 11.1. The van der Waals surface area contributed by atoms with Gasteiger partial charge in [0.1, 0.15) is 5.75 Å². The van der Waals surface area contributed by atoms with Crippen LogP contribution in [0, 0.1) is 0 Å². The second-order valence-corrected chi connectivity index (χ2v) is 4.30. The zero-order chi connectivity index (χ0) is 13.8. The Balaban J connectivity index is 2.17. The largest absolute Gasteiger partial charge is 0.496 e. The lowest BCUT2D eigenvalue weighted by molar-refractivity contribution is -0.160. The van der Waals surface area contributed by atoms with Crippen LogP contribution < -0.4 is 4.74 Å². The van der Waals surface area contributed by atoms with E-state index in [1.807, 2.05) is 18.2 Å². The first-order valence-electron chi connectivity index (χ1n) is 6.28. The second kappa shape index (κ2) is 5.73. The maximum atomic E-state index is 11.9. The molecule has 0 saturated carbocycles. The monoisotopic (exact) mass is 263 g/mol. The van der Waals surface area contributed by atoms with Crippen molar-refractivity contribution < 1.29 is 19.1 Å². The molecule has 0 bridgehead atoms. The topological polar surface area (TPSA) is 55.8 Å². The molecule has 1 aliphatic heterocycles. The van der Waals surface area contributed by atoms with Gasteiger partial charge in [-0.2, -0.15) is 0 Å². The highest BCUT2D eigenvalue weighted by atomic mass is 16.5. The molecule has 2 rings (SSSR count). The van der Waals surface area contributed by atoms with Gasteiger partial charge in [0.2, 0.25) is 0 Å². The van der Waals surface area contributed by atoms with E-state index in [1.54, 1.807) is 14.0 Å². The summed E-state index contributed by atoms with van der Waals surface area (Å²) in [5.41, 5.74) is 2.13. The molecular formula is C14H17NO4. The van der Waals surface area contributed by atoms with Gasteiger partial charge in [-0.05, 0) is 25.0 Å². The number of hydrogen-bond donors (Lipinski definition) is 0. The number of methoxy groups -OCH3 is 1. The Morgan fingerprint density at radius 1 is 1.37 bits per heavy atom. The molecule has 1 aromatic rings. The normalized spacial score (nSPS) is 13.7. The molecule has 0 unspecified atom stereocenters. The number of esters is 1. The van der Waals surface area contributed by atoms with E-state index in [9.17, 15) is 9.59 Å². The number of benzene rings is 1. The van der Waals surface area contributed by atoms with Gasteiger partial charge in [0, 0.05) is 12.1 Å². The number of nitrogens with zero attached hydrogens (tertiary/aromatic N) is 1. The number of ether oxygens (including phenoxy) is 2. The van der Waals surface area contributed by atoms with Gasteiger partial charge in [-0.15, -0.1) is 0 Å². The van der Waals surface area contributed by atoms with Gasteiger partial charge in [-0.25, -0.2) is 4.79 Å². The van der Waals surface area contributed by atoms with Gasteiger partial charge in [-0.3, -0.25) is 4.79 Å². The molecule has 0 atom stereocenters. The Morgan fingerprint density at radius 3 is 2.84 bits per heavy atom. The molecule has 1 heterocycles. The van der Waals surface area contributed by atoms with Crippen LogP contribution in [0.15, 0.2) is 18.2 Å². The third-order valence-electron chi connectivity index (χ3n) is 3.19. The summed E-state index contributed by atoms with van der Waals surface area (Å²) in [7, 11) is 1.60. The minimum Gasteiger partial charge on any atom is -0.496 e. The second-order valence-electron chi connectivity index (χ2n) is 4.30. The molecule has 0 aliphatic carbocycles. The molecule has 5 nitrogen and oxygen atoms in total. The van der Waals surface area contributed by atoms with Crippen LogP contribution in [-0.4, -0.2) is 37.0 Å². The SMILES string of the molecule is CCOC(=O)C(=O)N1CCc2cccc(OC)c2C1. The number of rotatable bonds is 2. The maximum Gasteiger partial charge on any atom is 0.397 e. The molecule has 102 valence electrons. The van der Waals surface area contributed by atoms with Crippen LogP contribution >= 0.6 is 0 Å². The minimum atomic E-state index is -0.791. The highest BCUT2D eigenvalue weighted by Gasteiger charge is 2.28. The molecule has 1 aromatic carbocycles. The predicted molar refractivity (Wildman–Crippen MR) is 68.7 cm³/mol. The average molecular weight is 263 g/mol. The van der Waals surface area contributed by atoms with Crippen molar-refractivity contribution in [3.8, 4) is 5.75 Å². The molecular weight excluding hydrogens is 246 g/mol. The van der Waals surface area contributed by atoms with Gasteiger partial charge in [-0.1, -0.05) is 12.1 Å². The fourth-order valence-electron chi connectivity index (χ4n) is 2.24. The predicted octanol–water partition coefficient (Wildman–Crippen LogP) is 1.14. The van der Waals surface area contributed by atoms with Gasteiger partial charge in [0.05, 0.1) is 20.3 Å². The summed E-state index contributed by atoms with van der Waals surface area (Å²) >= 11 is 0. The highest BCUT2D eigenvalue weighted by molar-refractivity contribution is 6.32.